The predicted octanol–water partition coefficient (Wildman–Crippen LogP) is 4.53. The summed E-state index contributed by atoms with van der Waals surface area (Å²) in [6, 6.07) is 19.6. The lowest BCUT2D eigenvalue weighted by Crippen LogP contribution is -2.09. The Balaban J connectivity index is 1.79. The number of ether oxygens (including phenoxy) is 1. The molecule has 0 bridgehead atoms. The first kappa shape index (κ1) is 20.3. The molecule has 0 aliphatic carbocycles. The molecule has 0 atom stereocenters. The van der Waals surface area contributed by atoms with Crippen LogP contribution >= 0.6 is 0 Å². The molecule has 3 rings (SSSR count). The van der Waals surface area contributed by atoms with Crippen LogP contribution < -0.4 is 10.1 Å². The molecule has 3 aromatic rings. The molecule has 0 heterocycles. The van der Waals surface area contributed by atoms with E-state index in [0.29, 0.717) is 5.69 Å². The molecule has 0 aromatic heterocycles. The van der Waals surface area contributed by atoms with Gasteiger partial charge in [0, 0.05) is 6.08 Å². The van der Waals surface area contributed by atoms with Crippen molar-refractivity contribution >= 4 is 29.6 Å². The van der Waals surface area contributed by atoms with Gasteiger partial charge >= 0.3 is 11.9 Å². The Labute approximate surface area is 171 Å². The largest absolute Gasteiger partial charge is 0.478 e. The molecule has 0 fully saturated rings. The van der Waals surface area contributed by atoms with Gasteiger partial charge < -0.3 is 20.3 Å². The van der Waals surface area contributed by atoms with Crippen molar-refractivity contribution in [3.05, 3.63) is 95.6 Å². The minimum Gasteiger partial charge on any atom is -0.478 e. The molecule has 0 aliphatic rings. The maximum Gasteiger partial charge on any atom is 0.336 e. The smallest absolute Gasteiger partial charge is 0.336 e. The number of aromatic carboxylic acids is 2. The summed E-state index contributed by atoms with van der Waals surface area (Å²) < 4.78 is 5.70. The van der Waals surface area contributed by atoms with Gasteiger partial charge in [-0.3, -0.25) is 4.79 Å². The molecule has 3 N–H and O–H groups in total. The highest BCUT2D eigenvalue weighted by molar-refractivity contribution is 6.03. The molecule has 0 spiro atoms. The molecule has 0 saturated heterocycles. The molecule has 0 unspecified atom stereocenters. The quantitative estimate of drug-likeness (QED) is 0.500. The number of benzene rings is 3. The molecule has 150 valence electrons. The van der Waals surface area contributed by atoms with E-state index in [9.17, 15) is 19.5 Å². The molecular formula is C23H17NO6. The normalized spacial score (nSPS) is 10.5. The van der Waals surface area contributed by atoms with Crippen molar-refractivity contribution < 1.29 is 29.3 Å². The number of hydrogen-bond acceptors (Lipinski definition) is 4. The zero-order chi connectivity index (χ0) is 21.5. The fourth-order valence-corrected chi connectivity index (χ4v) is 2.65. The number of rotatable bonds is 7. The molecule has 3 aromatic carbocycles. The van der Waals surface area contributed by atoms with E-state index >= 15 is 0 Å². The van der Waals surface area contributed by atoms with E-state index in [2.05, 4.69) is 5.32 Å². The summed E-state index contributed by atoms with van der Waals surface area (Å²) in [6.45, 7) is 0. The second-order valence-corrected chi connectivity index (χ2v) is 6.15. The number of anilines is 1. The van der Waals surface area contributed by atoms with Gasteiger partial charge in [0.2, 0.25) is 5.91 Å². The van der Waals surface area contributed by atoms with E-state index in [-0.39, 0.29) is 23.0 Å². The first-order chi connectivity index (χ1) is 14.4. The number of nitrogens with one attached hydrogen (secondary N) is 1. The number of carboxylic acids is 2. The SMILES string of the molecule is O=C(C=Cc1ccccc1)Nc1ccccc1Oc1ccc(C(=O)O)c(C(=O)O)c1. The summed E-state index contributed by atoms with van der Waals surface area (Å²) in [7, 11) is 0. The molecule has 0 aliphatic heterocycles. The Morgan fingerprint density at radius 2 is 1.47 bits per heavy atom. The molecule has 0 radical (unpaired) electrons. The van der Waals surface area contributed by atoms with Crippen LogP contribution in [0.25, 0.3) is 6.08 Å². The van der Waals surface area contributed by atoms with E-state index in [1.54, 1.807) is 30.3 Å². The van der Waals surface area contributed by atoms with Crippen LogP contribution in [0.4, 0.5) is 5.69 Å². The average Bonchev–Trinajstić information content (AvgIpc) is 2.74. The van der Waals surface area contributed by atoms with Gasteiger partial charge in [-0.05, 0) is 42.0 Å². The number of carboxylic acid groups (broad SMARTS) is 2. The number of carbonyl (C=O) groups excluding carboxylic acids is 1. The Bertz CT molecular complexity index is 1120. The van der Waals surface area contributed by atoms with Crippen LogP contribution in [-0.2, 0) is 4.79 Å². The highest BCUT2D eigenvalue weighted by atomic mass is 16.5. The van der Waals surface area contributed by atoms with Crippen molar-refractivity contribution in [3.8, 4) is 11.5 Å². The third kappa shape index (κ3) is 5.11. The van der Waals surface area contributed by atoms with Gasteiger partial charge in [-0.25, -0.2) is 9.59 Å². The highest BCUT2D eigenvalue weighted by Crippen LogP contribution is 2.30. The van der Waals surface area contributed by atoms with Crippen molar-refractivity contribution in [2.24, 2.45) is 0 Å². The summed E-state index contributed by atoms with van der Waals surface area (Å²) in [4.78, 5) is 34.8. The van der Waals surface area contributed by atoms with E-state index in [1.807, 2.05) is 30.3 Å². The fraction of sp³-hybridized carbons (Fsp3) is 0. The van der Waals surface area contributed by atoms with Crippen molar-refractivity contribution in [2.45, 2.75) is 0 Å². The number of amides is 1. The molecule has 7 nitrogen and oxygen atoms in total. The molecular weight excluding hydrogens is 386 g/mol. The minimum atomic E-state index is -1.38. The summed E-state index contributed by atoms with van der Waals surface area (Å²) in [5.74, 6) is -2.71. The van der Waals surface area contributed by atoms with Crippen molar-refractivity contribution in [3.63, 3.8) is 0 Å². The van der Waals surface area contributed by atoms with Crippen LogP contribution in [0.5, 0.6) is 11.5 Å². The lowest BCUT2D eigenvalue weighted by atomic mass is 10.1. The van der Waals surface area contributed by atoms with Crippen LogP contribution in [0.1, 0.15) is 26.3 Å². The number of hydrogen-bond donors (Lipinski definition) is 3. The standard InChI is InChI=1S/C23H17NO6/c25-21(13-10-15-6-2-1-3-7-15)24-19-8-4-5-9-20(19)30-16-11-12-17(22(26)27)18(14-16)23(28)29/h1-14H,(H,24,25)(H,26,27)(H,28,29). The zero-order valence-corrected chi connectivity index (χ0v) is 15.6. The molecule has 30 heavy (non-hydrogen) atoms. The summed E-state index contributed by atoms with van der Waals surface area (Å²) in [6.07, 6.45) is 3.05. The predicted molar refractivity (Wildman–Crippen MR) is 111 cm³/mol. The van der Waals surface area contributed by atoms with Crippen LogP contribution in [0.2, 0.25) is 0 Å². The third-order valence-electron chi connectivity index (χ3n) is 4.05. The average molecular weight is 403 g/mol. The summed E-state index contributed by atoms with van der Waals surface area (Å²) in [5.41, 5.74) is 0.506. The number of carbonyl (C=O) groups is 3. The van der Waals surface area contributed by atoms with Gasteiger partial charge in [0.15, 0.2) is 5.75 Å². The number of para-hydroxylation sites is 2. The Morgan fingerprint density at radius 3 is 2.17 bits per heavy atom. The van der Waals surface area contributed by atoms with E-state index in [0.717, 1.165) is 17.7 Å². The van der Waals surface area contributed by atoms with Crippen LogP contribution in [-0.4, -0.2) is 28.1 Å². The maximum absolute atomic E-state index is 12.3. The lowest BCUT2D eigenvalue weighted by molar-refractivity contribution is -0.111. The van der Waals surface area contributed by atoms with Crippen LogP contribution in [0.3, 0.4) is 0 Å². The van der Waals surface area contributed by atoms with E-state index in [1.165, 1.54) is 12.1 Å². The fourth-order valence-electron chi connectivity index (χ4n) is 2.65. The topological polar surface area (TPSA) is 113 Å². The molecule has 7 heteroatoms. The Hall–Kier alpha value is -4.39. The monoisotopic (exact) mass is 403 g/mol. The molecule has 0 saturated carbocycles. The minimum absolute atomic E-state index is 0.124. The summed E-state index contributed by atoms with van der Waals surface area (Å²) in [5, 5.41) is 21.1. The van der Waals surface area contributed by atoms with Gasteiger partial charge in [-0.1, -0.05) is 42.5 Å². The van der Waals surface area contributed by atoms with Gasteiger partial charge in [-0.2, -0.15) is 0 Å². The van der Waals surface area contributed by atoms with Crippen molar-refractivity contribution in [1.82, 2.24) is 0 Å². The zero-order valence-electron chi connectivity index (χ0n) is 15.6. The first-order valence-electron chi connectivity index (χ1n) is 8.85. The third-order valence-corrected chi connectivity index (χ3v) is 4.05. The van der Waals surface area contributed by atoms with Gasteiger partial charge in [0.05, 0.1) is 16.8 Å². The van der Waals surface area contributed by atoms with Crippen LogP contribution in [0, 0.1) is 0 Å². The van der Waals surface area contributed by atoms with Crippen molar-refractivity contribution in [1.29, 1.82) is 0 Å². The second-order valence-electron chi connectivity index (χ2n) is 6.15. The van der Waals surface area contributed by atoms with Crippen LogP contribution in [0.15, 0.2) is 78.9 Å². The van der Waals surface area contributed by atoms with E-state index in [4.69, 9.17) is 9.84 Å². The Morgan fingerprint density at radius 1 is 0.800 bits per heavy atom. The van der Waals surface area contributed by atoms with Gasteiger partial charge in [-0.15, -0.1) is 0 Å². The maximum atomic E-state index is 12.3. The Kier molecular flexibility index (Phi) is 6.24. The summed E-state index contributed by atoms with van der Waals surface area (Å²) >= 11 is 0. The van der Waals surface area contributed by atoms with Gasteiger partial charge in [0.25, 0.3) is 0 Å². The van der Waals surface area contributed by atoms with E-state index < -0.39 is 17.5 Å². The highest BCUT2D eigenvalue weighted by Gasteiger charge is 2.17. The van der Waals surface area contributed by atoms with Crippen molar-refractivity contribution in [2.75, 3.05) is 5.32 Å². The first-order valence-corrected chi connectivity index (χ1v) is 8.85. The lowest BCUT2D eigenvalue weighted by Gasteiger charge is -2.12. The second kappa shape index (κ2) is 9.20. The molecule has 1 amide bonds. The van der Waals surface area contributed by atoms with Gasteiger partial charge in [0.1, 0.15) is 5.75 Å².